The Balaban J connectivity index is 2.24. The molecule has 0 saturated carbocycles. The predicted octanol–water partition coefficient (Wildman–Crippen LogP) is -0.132. The van der Waals surface area contributed by atoms with Crippen LogP contribution in [-0.4, -0.2) is 33.2 Å². The molecule has 2 aliphatic rings. The van der Waals surface area contributed by atoms with Gasteiger partial charge < -0.3 is 5.11 Å². The largest absolute Gasteiger partial charge is 0.477 e. The molecule has 2 rings (SSSR count). The Hall–Kier alpha value is -0.970. The summed E-state index contributed by atoms with van der Waals surface area (Å²) in [5.41, 5.74) is 0.0987. The van der Waals surface area contributed by atoms with Crippen molar-refractivity contribution in [2.75, 3.05) is 0 Å². The maximum atomic E-state index is 11.2. The van der Waals surface area contributed by atoms with Gasteiger partial charge >= 0.3 is 5.97 Å². The highest BCUT2D eigenvalue weighted by atomic mass is 32.1. The van der Waals surface area contributed by atoms with E-state index in [0.717, 1.165) is 0 Å². The van der Waals surface area contributed by atoms with Crippen LogP contribution in [0.15, 0.2) is 11.8 Å². The topological polar surface area (TPSA) is 57.6 Å². The summed E-state index contributed by atoms with van der Waals surface area (Å²) in [6.45, 7) is 0. The third-order valence-corrected chi connectivity index (χ3v) is 2.58. The molecule has 2 atom stereocenters. The molecule has 4 nitrogen and oxygen atoms in total. The van der Waals surface area contributed by atoms with Crippen LogP contribution >= 0.6 is 12.6 Å². The van der Waals surface area contributed by atoms with Crippen LogP contribution in [0, 0.1) is 0 Å². The zero-order valence-corrected chi connectivity index (χ0v) is 6.99. The average Bonchev–Trinajstić information content (AvgIpc) is 2.11. The number of fused-ring (bicyclic) bond motifs is 1. The number of thiol groups is 1. The lowest BCUT2D eigenvalue weighted by Crippen LogP contribution is -2.43. The van der Waals surface area contributed by atoms with Crippen molar-refractivity contribution in [3.8, 4) is 0 Å². The zero-order chi connectivity index (χ0) is 8.88. The summed E-state index contributed by atoms with van der Waals surface area (Å²) in [5, 5.41) is 8.27. The Morgan fingerprint density at radius 3 is 2.92 bits per heavy atom. The normalized spacial score (nSPS) is 32.6. The van der Waals surface area contributed by atoms with Crippen LogP contribution in [0.4, 0.5) is 0 Å². The molecule has 0 aliphatic carbocycles. The molecule has 2 aliphatic heterocycles. The Morgan fingerprint density at radius 1 is 1.75 bits per heavy atom. The SMILES string of the molecule is O=C(O)C1=CC2CC(S)C(=O)N12. The number of hydrogen-bond acceptors (Lipinski definition) is 3. The lowest BCUT2D eigenvalue weighted by atomic mass is 10.1. The van der Waals surface area contributed by atoms with Gasteiger partial charge in [-0.2, -0.15) is 12.6 Å². The molecule has 0 radical (unpaired) electrons. The van der Waals surface area contributed by atoms with Crippen LogP contribution in [-0.2, 0) is 9.59 Å². The number of aliphatic carboxylic acids is 1. The van der Waals surface area contributed by atoms with E-state index in [1.807, 2.05) is 0 Å². The second-order valence-corrected chi connectivity index (χ2v) is 3.51. The molecule has 5 heteroatoms. The predicted molar refractivity (Wildman–Crippen MR) is 43.7 cm³/mol. The van der Waals surface area contributed by atoms with E-state index < -0.39 is 5.97 Å². The fourth-order valence-corrected chi connectivity index (χ4v) is 1.89. The first-order valence-electron chi connectivity index (χ1n) is 3.57. The minimum atomic E-state index is -1.04. The van der Waals surface area contributed by atoms with Crippen molar-refractivity contribution in [2.24, 2.45) is 0 Å². The number of carbonyl (C=O) groups is 2. The van der Waals surface area contributed by atoms with Crippen molar-refractivity contribution >= 4 is 24.5 Å². The fourth-order valence-electron chi connectivity index (χ4n) is 1.55. The molecule has 1 fully saturated rings. The van der Waals surface area contributed by atoms with Crippen LogP contribution in [0.2, 0.25) is 0 Å². The van der Waals surface area contributed by atoms with E-state index >= 15 is 0 Å². The van der Waals surface area contributed by atoms with Gasteiger partial charge in [-0.15, -0.1) is 0 Å². The van der Waals surface area contributed by atoms with E-state index in [2.05, 4.69) is 12.6 Å². The maximum absolute atomic E-state index is 11.2. The van der Waals surface area contributed by atoms with Gasteiger partial charge in [0.25, 0.3) is 0 Å². The first-order valence-corrected chi connectivity index (χ1v) is 4.09. The molecular formula is C7H7NO3S. The quantitative estimate of drug-likeness (QED) is 0.559. The summed E-state index contributed by atoms with van der Waals surface area (Å²) in [6, 6.07) is -0.0221. The van der Waals surface area contributed by atoms with Crippen LogP contribution in [0.1, 0.15) is 6.42 Å². The molecule has 0 bridgehead atoms. The summed E-state index contributed by atoms with van der Waals surface area (Å²) in [5.74, 6) is -1.23. The van der Waals surface area contributed by atoms with Crippen LogP contribution in [0.25, 0.3) is 0 Å². The van der Waals surface area contributed by atoms with Gasteiger partial charge in [-0.1, -0.05) is 0 Å². The second kappa shape index (κ2) is 2.26. The smallest absolute Gasteiger partial charge is 0.352 e. The van der Waals surface area contributed by atoms with Crippen molar-refractivity contribution in [3.63, 3.8) is 0 Å². The first kappa shape index (κ1) is 7.67. The third kappa shape index (κ3) is 0.797. The molecule has 2 heterocycles. The van der Waals surface area contributed by atoms with Crippen LogP contribution in [0.5, 0.6) is 0 Å². The lowest BCUT2D eigenvalue weighted by molar-refractivity contribution is -0.140. The van der Waals surface area contributed by atoms with Gasteiger partial charge in [-0.3, -0.25) is 9.69 Å². The summed E-state index contributed by atoms with van der Waals surface area (Å²) in [7, 11) is 0. The molecule has 2 unspecified atom stereocenters. The van der Waals surface area contributed by atoms with E-state index in [4.69, 9.17) is 5.11 Å². The van der Waals surface area contributed by atoms with Crippen LogP contribution < -0.4 is 0 Å². The number of nitrogens with zero attached hydrogens (tertiary/aromatic N) is 1. The van der Waals surface area contributed by atoms with Crippen LogP contribution in [0.3, 0.4) is 0 Å². The molecule has 12 heavy (non-hydrogen) atoms. The van der Waals surface area contributed by atoms with E-state index in [1.54, 1.807) is 6.08 Å². The van der Waals surface area contributed by atoms with Crippen molar-refractivity contribution < 1.29 is 14.7 Å². The monoisotopic (exact) mass is 185 g/mol. The standard InChI is InChI=1S/C7H7NO3S/c9-6-5(12)2-3-1-4(7(10)11)8(3)6/h1,3,5,12H,2H2,(H,10,11). The number of carboxylic acid groups (broad SMARTS) is 1. The summed E-state index contributed by atoms with van der Waals surface area (Å²) in [4.78, 5) is 23.0. The van der Waals surface area contributed by atoms with Crippen molar-refractivity contribution in [1.82, 2.24) is 4.90 Å². The summed E-state index contributed by atoms with van der Waals surface area (Å²) in [6.07, 6.45) is 2.22. The number of amides is 1. The van der Waals surface area contributed by atoms with Gasteiger partial charge in [0.15, 0.2) is 0 Å². The highest BCUT2D eigenvalue weighted by molar-refractivity contribution is 7.81. The molecule has 1 saturated heterocycles. The average molecular weight is 185 g/mol. The summed E-state index contributed by atoms with van der Waals surface area (Å²) < 4.78 is 0. The minimum Gasteiger partial charge on any atom is -0.477 e. The van der Waals surface area contributed by atoms with Gasteiger partial charge in [-0.25, -0.2) is 4.79 Å². The number of carboxylic acids is 1. The van der Waals surface area contributed by atoms with E-state index in [9.17, 15) is 9.59 Å². The van der Waals surface area contributed by atoms with Gasteiger partial charge in [0.05, 0.1) is 11.3 Å². The molecule has 0 aromatic carbocycles. The Labute approximate surface area is 74.3 Å². The number of carbonyl (C=O) groups excluding carboxylic acids is 1. The lowest BCUT2D eigenvalue weighted by Gasteiger charge is -2.31. The maximum Gasteiger partial charge on any atom is 0.352 e. The fraction of sp³-hybridized carbons (Fsp3) is 0.429. The molecule has 0 aromatic heterocycles. The highest BCUT2D eigenvalue weighted by Crippen LogP contribution is 2.35. The third-order valence-electron chi connectivity index (χ3n) is 2.15. The molecule has 0 spiro atoms. The Morgan fingerprint density at radius 2 is 2.42 bits per heavy atom. The summed E-state index contributed by atoms with van der Waals surface area (Å²) >= 11 is 4.04. The molecule has 1 amide bonds. The Kier molecular flexibility index (Phi) is 1.44. The number of hydrogen-bond donors (Lipinski definition) is 2. The number of rotatable bonds is 1. The van der Waals surface area contributed by atoms with Crippen molar-refractivity contribution in [1.29, 1.82) is 0 Å². The van der Waals surface area contributed by atoms with Gasteiger partial charge in [0.2, 0.25) is 5.91 Å². The molecule has 0 aromatic rings. The van der Waals surface area contributed by atoms with Crippen molar-refractivity contribution in [3.05, 3.63) is 11.8 Å². The minimum absolute atomic E-state index is 0.0221. The van der Waals surface area contributed by atoms with Gasteiger partial charge in [-0.05, 0) is 12.5 Å². The highest BCUT2D eigenvalue weighted by Gasteiger charge is 2.46. The van der Waals surface area contributed by atoms with Gasteiger partial charge in [0, 0.05) is 0 Å². The van der Waals surface area contributed by atoms with E-state index in [0.29, 0.717) is 6.42 Å². The molecule has 1 N–H and O–H groups in total. The first-order chi connectivity index (χ1) is 5.61. The van der Waals surface area contributed by atoms with Gasteiger partial charge in [0.1, 0.15) is 5.70 Å². The molecule has 64 valence electrons. The second-order valence-electron chi connectivity index (χ2n) is 2.88. The van der Waals surface area contributed by atoms with E-state index in [-0.39, 0.29) is 22.9 Å². The molecular weight excluding hydrogens is 178 g/mol. The van der Waals surface area contributed by atoms with Crippen molar-refractivity contribution in [2.45, 2.75) is 17.7 Å². The van der Waals surface area contributed by atoms with E-state index in [1.165, 1.54) is 4.90 Å². The Bertz CT molecular complexity index is 299. The zero-order valence-electron chi connectivity index (χ0n) is 6.10.